The monoisotopic (exact) mass is 412 g/mol. The van der Waals surface area contributed by atoms with E-state index in [1.807, 2.05) is 42.5 Å². The largest absolute Gasteiger partial charge is 0.461 e. The molecule has 1 atom stereocenters. The van der Waals surface area contributed by atoms with Crippen LogP contribution in [0, 0.1) is 0 Å². The Kier molecular flexibility index (Phi) is 6.46. The number of ether oxygens (including phenoxy) is 1. The zero-order valence-electron chi connectivity index (χ0n) is 15.7. The first kappa shape index (κ1) is 20.3. The smallest absolute Gasteiger partial charge is 0.307 e. The van der Waals surface area contributed by atoms with Crippen LogP contribution in [0.4, 0.5) is 5.00 Å². The number of carbonyl (C=O) groups is 3. The van der Waals surface area contributed by atoms with Gasteiger partial charge in [0, 0.05) is 12.0 Å². The molecule has 0 radical (unpaired) electrons. The number of anilines is 1. The average Bonchev–Trinajstić information content (AvgIpc) is 3.36. The summed E-state index contributed by atoms with van der Waals surface area (Å²) in [6.07, 6.45) is -0.580. The van der Waals surface area contributed by atoms with Gasteiger partial charge in [-0.1, -0.05) is 30.3 Å². The van der Waals surface area contributed by atoms with E-state index in [2.05, 4.69) is 5.32 Å². The molecule has 0 aliphatic carbocycles. The van der Waals surface area contributed by atoms with Crippen molar-refractivity contribution in [2.24, 2.45) is 5.73 Å². The summed E-state index contributed by atoms with van der Waals surface area (Å²) in [5.41, 5.74) is 6.42. The van der Waals surface area contributed by atoms with E-state index in [4.69, 9.17) is 14.9 Å². The van der Waals surface area contributed by atoms with E-state index in [1.165, 1.54) is 13.0 Å². The van der Waals surface area contributed by atoms with Crippen LogP contribution in [0.2, 0.25) is 0 Å². The highest BCUT2D eigenvalue weighted by molar-refractivity contribution is 7.14. The van der Waals surface area contributed by atoms with Gasteiger partial charge >= 0.3 is 5.97 Å². The van der Waals surface area contributed by atoms with Gasteiger partial charge in [0.25, 0.3) is 11.8 Å². The summed E-state index contributed by atoms with van der Waals surface area (Å²) in [6.45, 7) is 1.46. The number of hydrogen-bond acceptors (Lipinski definition) is 6. The molecule has 1 aromatic carbocycles. The second kappa shape index (κ2) is 9.20. The predicted molar refractivity (Wildman–Crippen MR) is 109 cm³/mol. The lowest BCUT2D eigenvalue weighted by atomic mass is 10.2. The number of carbonyl (C=O) groups excluding carboxylic acids is 3. The first-order chi connectivity index (χ1) is 13.9. The molecule has 0 aliphatic rings. The van der Waals surface area contributed by atoms with E-state index in [-0.39, 0.29) is 12.0 Å². The van der Waals surface area contributed by atoms with Crippen molar-refractivity contribution in [2.45, 2.75) is 25.9 Å². The van der Waals surface area contributed by atoms with Crippen LogP contribution in [0.1, 0.15) is 29.5 Å². The van der Waals surface area contributed by atoms with E-state index >= 15 is 0 Å². The highest BCUT2D eigenvalue weighted by Crippen LogP contribution is 2.24. The molecule has 1 unspecified atom stereocenters. The highest BCUT2D eigenvalue weighted by Gasteiger charge is 2.21. The van der Waals surface area contributed by atoms with E-state index in [9.17, 15) is 14.4 Å². The van der Waals surface area contributed by atoms with Crippen molar-refractivity contribution in [3.05, 3.63) is 65.2 Å². The first-order valence-electron chi connectivity index (χ1n) is 8.96. The van der Waals surface area contributed by atoms with Gasteiger partial charge in [-0.25, -0.2) is 0 Å². The lowest BCUT2D eigenvalue weighted by Gasteiger charge is -2.13. The number of hydrogen-bond donors (Lipinski definition) is 2. The average molecular weight is 412 g/mol. The van der Waals surface area contributed by atoms with E-state index < -0.39 is 23.9 Å². The summed E-state index contributed by atoms with van der Waals surface area (Å²) in [5.74, 6) is -0.315. The number of furan rings is 1. The number of rotatable bonds is 8. The summed E-state index contributed by atoms with van der Waals surface area (Å²) in [7, 11) is 0. The van der Waals surface area contributed by atoms with Gasteiger partial charge in [0.2, 0.25) is 0 Å². The molecule has 3 N–H and O–H groups in total. The Balaban J connectivity index is 1.49. The summed E-state index contributed by atoms with van der Waals surface area (Å²) in [6, 6.07) is 14.8. The number of amides is 2. The maximum absolute atomic E-state index is 12.2. The van der Waals surface area contributed by atoms with Crippen molar-refractivity contribution in [1.29, 1.82) is 0 Å². The Hall–Kier alpha value is -3.39. The van der Waals surface area contributed by atoms with E-state index in [0.29, 0.717) is 17.2 Å². The molecule has 0 saturated heterocycles. The van der Waals surface area contributed by atoms with Gasteiger partial charge in [0.15, 0.2) is 6.10 Å². The number of nitrogens with two attached hydrogens (primary N) is 1. The minimum Gasteiger partial charge on any atom is -0.461 e. The van der Waals surface area contributed by atoms with Crippen LogP contribution in [0.3, 0.4) is 0 Å². The number of primary amides is 1. The topological polar surface area (TPSA) is 112 Å². The molecule has 0 aliphatic heterocycles. The zero-order valence-corrected chi connectivity index (χ0v) is 16.5. The Bertz CT molecular complexity index is 1010. The molecular weight excluding hydrogens is 392 g/mol. The molecule has 7 nitrogen and oxygen atoms in total. The molecule has 3 aromatic rings. The minimum atomic E-state index is -1.01. The molecular formula is C21H20N2O5S. The third-order valence-electron chi connectivity index (χ3n) is 4.14. The van der Waals surface area contributed by atoms with Crippen molar-refractivity contribution >= 4 is 34.1 Å². The second-order valence-electron chi connectivity index (χ2n) is 6.28. The van der Waals surface area contributed by atoms with Crippen LogP contribution < -0.4 is 11.1 Å². The fourth-order valence-electron chi connectivity index (χ4n) is 2.62. The summed E-state index contributed by atoms with van der Waals surface area (Å²) >= 11 is 1.16. The van der Waals surface area contributed by atoms with Crippen molar-refractivity contribution < 1.29 is 23.5 Å². The van der Waals surface area contributed by atoms with Gasteiger partial charge in [-0.2, -0.15) is 0 Å². The molecule has 29 heavy (non-hydrogen) atoms. The number of benzene rings is 1. The molecule has 2 aromatic heterocycles. The Morgan fingerprint density at radius 1 is 1.14 bits per heavy atom. The molecule has 0 fully saturated rings. The maximum atomic E-state index is 12.2. The van der Waals surface area contributed by atoms with Crippen LogP contribution in [0.25, 0.3) is 11.3 Å². The first-order valence-corrected chi connectivity index (χ1v) is 9.84. The summed E-state index contributed by atoms with van der Waals surface area (Å²) in [5, 5.41) is 4.52. The Labute approximate surface area is 171 Å². The summed E-state index contributed by atoms with van der Waals surface area (Å²) in [4.78, 5) is 35.6. The molecule has 2 heterocycles. The van der Waals surface area contributed by atoms with Crippen LogP contribution in [0.15, 0.2) is 58.3 Å². The van der Waals surface area contributed by atoms with Gasteiger partial charge in [0.1, 0.15) is 16.5 Å². The van der Waals surface area contributed by atoms with Gasteiger partial charge in [-0.3, -0.25) is 14.4 Å². The van der Waals surface area contributed by atoms with Crippen molar-refractivity contribution in [3.8, 4) is 11.3 Å². The third-order valence-corrected chi connectivity index (χ3v) is 4.97. The lowest BCUT2D eigenvalue weighted by molar-refractivity contribution is -0.153. The third kappa shape index (κ3) is 5.32. The van der Waals surface area contributed by atoms with Crippen molar-refractivity contribution in [3.63, 3.8) is 0 Å². The highest BCUT2D eigenvalue weighted by atomic mass is 32.1. The number of esters is 1. The number of aryl methyl sites for hydroxylation is 1. The van der Waals surface area contributed by atoms with Crippen LogP contribution >= 0.6 is 11.3 Å². The standard InChI is InChI=1S/C21H20N2O5S/c1-13(20(26)23-21-16(19(22)25)11-12-29-21)27-18(24)10-8-15-7-9-17(28-15)14-5-3-2-4-6-14/h2-7,9,11-13H,8,10H2,1H3,(H2,22,25)(H,23,26). The molecule has 8 heteroatoms. The van der Waals surface area contributed by atoms with Crippen molar-refractivity contribution in [2.75, 3.05) is 5.32 Å². The molecule has 2 amide bonds. The van der Waals surface area contributed by atoms with E-state index in [1.54, 1.807) is 5.38 Å². The molecule has 0 spiro atoms. The zero-order chi connectivity index (χ0) is 20.8. The molecule has 150 valence electrons. The second-order valence-corrected chi connectivity index (χ2v) is 7.20. The minimum absolute atomic E-state index is 0.0743. The molecule has 0 bridgehead atoms. The van der Waals surface area contributed by atoms with Gasteiger partial charge in [0.05, 0.1) is 12.0 Å². The molecule has 0 saturated carbocycles. The van der Waals surface area contributed by atoms with E-state index in [0.717, 1.165) is 22.7 Å². The van der Waals surface area contributed by atoms with Crippen LogP contribution in [0.5, 0.6) is 0 Å². The van der Waals surface area contributed by atoms with Gasteiger partial charge in [-0.05, 0) is 30.5 Å². The fraction of sp³-hybridized carbons (Fsp3) is 0.190. The number of thiophene rings is 1. The van der Waals surface area contributed by atoms with Crippen LogP contribution in [-0.4, -0.2) is 23.9 Å². The lowest BCUT2D eigenvalue weighted by Crippen LogP contribution is -2.30. The van der Waals surface area contributed by atoms with Crippen LogP contribution in [-0.2, 0) is 20.7 Å². The SMILES string of the molecule is CC(OC(=O)CCc1ccc(-c2ccccc2)o1)C(=O)Nc1sccc1C(N)=O. The predicted octanol–water partition coefficient (Wildman–Crippen LogP) is 3.61. The molecule has 3 rings (SSSR count). The Morgan fingerprint density at radius 2 is 1.90 bits per heavy atom. The van der Waals surface area contributed by atoms with Crippen molar-refractivity contribution in [1.82, 2.24) is 0 Å². The normalized spacial score (nSPS) is 11.6. The summed E-state index contributed by atoms with van der Waals surface area (Å²) < 4.78 is 10.9. The number of nitrogens with one attached hydrogen (secondary N) is 1. The quantitative estimate of drug-likeness (QED) is 0.549. The van der Waals surface area contributed by atoms with Gasteiger partial charge < -0.3 is 20.2 Å². The maximum Gasteiger partial charge on any atom is 0.307 e. The Morgan fingerprint density at radius 3 is 2.62 bits per heavy atom. The van der Waals surface area contributed by atoms with Gasteiger partial charge in [-0.15, -0.1) is 11.3 Å². The fourth-order valence-corrected chi connectivity index (χ4v) is 3.41.